The molecule has 104 valence electrons. The van der Waals surface area contributed by atoms with Crippen molar-refractivity contribution in [2.75, 3.05) is 0 Å². The van der Waals surface area contributed by atoms with E-state index in [2.05, 4.69) is 10.1 Å². The van der Waals surface area contributed by atoms with Crippen LogP contribution in [0, 0.1) is 15.9 Å². The Morgan fingerprint density at radius 2 is 2.05 bits per heavy atom. The lowest BCUT2D eigenvalue weighted by Crippen LogP contribution is -2.04. The van der Waals surface area contributed by atoms with Crippen LogP contribution < -0.4 is 0 Å². The molecule has 1 aromatic heterocycles. The van der Waals surface area contributed by atoms with Gasteiger partial charge in [0.2, 0.25) is 6.33 Å². The number of halogens is 1. The summed E-state index contributed by atoms with van der Waals surface area (Å²) in [5, 5.41) is 14.0. The lowest BCUT2D eigenvalue weighted by Gasteiger charge is -2.00. The van der Waals surface area contributed by atoms with Gasteiger partial charge in [0, 0.05) is 17.1 Å². The first-order valence-corrected chi connectivity index (χ1v) is 5.89. The third-order valence-electron chi connectivity index (χ3n) is 2.64. The topological polar surface area (TPSA) is 90.9 Å². The maximum Gasteiger partial charge on any atom is 0.490 e. The van der Waals surface area contributed by atoms with Crippen molar-refractivity contribution in [3.63, 3.8) is 0 Å². The predicted octanol–water partition coefficient (Wildman–Crippen LogP) is 1.99. The van der Waals surface area contributed by atoms with Gasteiger partial charge in [-0.15, -0.1) is 0 Å². The number of benzene rings is 1. The Labute approximate surface area is 113 Å². The maximum atomic E-state index is 12.7. The summed E-state index contributed by atoms with van der Waals surface area (Å²) < 4.78 is 14.0. The SMILES string of the molecule is O=C(CCCn1cnc([N+](=O)[O-])n1)c1ccc(F)cc1. The normalized spacial score (nSPS) is 10.4. The van der Waals surface area contributed by atoms with Gasteiger partial charge in [-0.2, -0.15) is 4.68 Å². The van der Waals surface area contributed by atoms with Gasteiger partial charge in [-0.25, -0.2) is 4.39 Å². The smallest absolute Gasteiger partial charge is 0.390 e. The molecule has 0 spiro atoms. The summed E-state index contributed by atoms with van der Waals surface area (Å²) in [5.74, 6) is -0.967. The summed E-state index contributed by atoms with van der Waals surface area (Å²) in [6, 6.07) is 5.32. The number of aryl methyl sites for hydroxylation is 1. The van der Waals surface area contributed by atoms with E-state index in [0.29, 0.717) is 18.5 Å². The van der Waals surface area contributed by atoms with Crippen LogP contribution in [-0.4, -0.2) is 25.5 Å². The lowest BCUT2D eigenvalue weighted by atomic mass is 10.1. The number of nitro groups is 1. The molecule has 0 radical (unpaired) electrons. The molecule has 0 atom stereocenters. The van der Waals surface area contributed by atoms with Crippen LogP contribution in [0.25, 0.3) is 0 Å². The van der Waals surface area contributed by atoms with Crippen molar-refractivity contribution < 1.29 is 14.1 Å². The molecule has 7 nitrogen and oxygen atoms in total. The molecular weight excluding hydrogens is 267 g/mol. The summed E-state index contributed by atoms with van der Waals surface area (Å²) in [4.78, 5) is 25.0. The van der Waals surface area contributed by atoms with Crippen molar-refractivity contribution in [2.45, 2.75) is 19.4 Å². The molecule has 2 aromatic rings. The van der Waals surface area contributed by atoms with Crippen LogP contribution >= 0.6 is 0 Å². The number of aromatic nitrogens is 3. The molecule has 0 saturated carbocycles. The third-order valence-corrected chi connectivity index (χ3v) is 2.64. The summed E-state index contributed by atoms with van der Waals surface area (Å²) in [6.07, 6.45) is 1.97. The van der Waals surface area contributed by atoms with Crippen LogP contribution in [0.4, 0.5) is 10.3 Å². The first-order valence-electron chi connectivity index (χ1n) is 5.89. The average molecular weight is 278 g/mol. The number of hydrogen-bond donors (Lipinski definition) is 0. The van der Waals surface area contributed by atoms with E-state index in [9.17, 15) is 19.3 Å². The molecular formula is C12H11FN4O3. The fourth-order valence-corrected chi connectivity index (χ4v) is 1.66. The van der Waals surface area contributed by atoms with Gasteiger partial charge in [0.05, 0.1) is 6.54 Å². The molecule has 0 aliphatic carbocycles. The fraction of sp³-hybridized carbons (Fsp3) is 0.250. The Balaban J connectivity index is 1.84. The van der Waals surface area contributed by atoms with Crippen molar-refractivity contribution in [3.05, 3.63) is 52.1 Å². The second-order valence-electron chi connectivity index (χ2n) is 4.10. The molecule has 0 fully saturated rings. The molecule has 0 N–H and O–H groups in total. The van der Waals surface area contributed by atoms with Gasteiger partial charge in [-0.1, -0.05) is 4.98 Å². The van der Waals surface area contributed by atoms with Crippen molar-refractivity contribution in [1.82, 2.24) is 14.8 Å². The highest BCUT2D eigenvalue weighted by Crippen LogP contribution is 2.08. The minimum atomic E-state index is -0.680. The van der Waals surface area contributed by atoms with E-state index in [1.165, 1.54) is 35.3 Å². The van der Waals surface area contributed by atoms with Gasteiger partial charge in [0.1, 0.15) is 5.82 Å². The summed E-state index contributed by atoms with van der Waals surface area (Å²) in [6.45, 7) is 0.355. The van der Waals surface area contributed by atoms with Gasteiger partial charge in [0.15, 0.2) is 5.78 Å². The van der Waals surface area contributed by atoms with Crippen LogP contribution in [0.15, 0.2) is 30.6 Å². The monoisotopic (exact) mass is 278 g/mol. The molecule has 0 bridgehead atoms. The second-order valence-corrected chi connectivity index (χ2v) is 4.10. The van der Waals surface area contributed by atoms with Crippen LogP contribution in [0.3, 0.4) is 0 Å². The molecule has 8 heteroatoms. The van der Waals surface area contributed by atoms with Crippen LogP contribution in [0.2, 0.25) is 0 Å². The number of hydrogen-bond acceptors (Lipinski definition) is 5. The average Bonchev–Trinajstić information content (AvgIpc) is 2.88. The summed E-state index contributed by atoms with van der Waals surface area (Å²) in [5.41, 5.74) is 0.441. The highest BCUT2D eigenvalue weighted by atomic mass is 19.1. The number of carbonyl (C=O) groups is 1. The largest absolute Gasteiger partial charge is 0.490 e. The van der Waals surface area contributed by atoms with Gasteiger partial charge < -0.3 is 10.1 Å². The number of ketones is 1. The molecule has 0 amide bonds. The van der Waals surface area contributed by atoms with E-state index in [-0.39, 0.29) is 12.2 Å². The van der Waals surface area contributed by atoms with Gasteiger partial charge >= 0.3 is 5.95 Å². The number of carbonyl (C=O) groups excluding carboxylic acids is 1. The first kappa shape index (κ1) is 13.8. The number of nitrogens with zero attached hydrogens (tertiary/aromatic N) is 4. The lowest BCUT2D eigenvalue weighted by molar-refractivity contribution is -0.394. The quantitative estimate of drug-likeness (QED) is 0.458. The molecule has 1 heterocycles. The van der Waals surface area contributed by atoms with Crippen molar-refractivity contribution in [1.29, 1.82) is 0 Å². The molecule has 0 aliphatic rings. The van der Waals surface area contributed by atoms with Crippen LogP contribution in [0.5, 0.6) is 0 Å². The second kappa shape index (κ2) is 6.00. The van der Waals surface area contributed by atoms with E-state index in [4.69, 9.17) is 0 Å². The number of rotatable bonds is 6. The Kier molecular flexibility index (Phi) is 4.14. The molecule has 2 rings (SSSR count). The fourth-order valence-electron chi connectivity index (χ4n) is 1.66. The van der Waals surface area contributed by atoms with E-state index in [0.717, 1.165) is 0 Å². The maximum absolute atomic E-state index is 12.7. The van der Waals surface area contributed by atoms with Crippen molar-refractivity contribution in [3.8, 4) is 0 Å². The summed E-state index contributed by atoms with van der Waals surface area (Å²) in [7, 11) is 0. The minimum Gasteiger partial charge on any atom is -0.390 e. The van der Waals surface area contributed by atoms with Crippen molar-refractivity contribution in [2.24, 2.45) is 0 Å². The Hall–Kier alpha value is -2.64. The zero-order valence-corrected chi connectivity index (χ0v) is 10.4. The first-order chi connectivity index (χ1) is 9.56. The molecule has 0 aliphatic heterocycles. The molecule has 20 heavy (non-hydrogen) atoms. The van der Waals surface area contributed by atoms with E-state index in [1.807, 2.05) is 0 Å². The molecule has 1 aromatic carbocycles. The van der Waals surface area contributed by atoms with Crippen molar-refractivity contribution >= 4 is 11.7 Å². The Morgan fingerprint density at radius 1 is 1.35 bits per heavy atom. The number of Topliss-reactive ketones (excluding diaryl/α,β-unsaturated/α-hetero) is 1. The zero-order valence-electron chi connectivity index (χ0n) is 10.4. The van der Waals surface area contributed by atoms with Gasteiger partial charge in [-0.3, -0.25) is 4.79 Å². The van der Waals surface area contributed by atoms with Crippen LogP contribution in [-0.2, 0) is 6.54 Å². The summed E-state index contributed by atoms with van der Waals surface area (Å²) >= 11 is 0. The van der Waals surface area contributed by atoms with Crippen LogP contribution in [0.1, 0.15) is 23.2 Å². The predicted molar refractivity (Wildman–Crippen MR) is 66.6 cm³/mol. The zero-order chi connectivity index (χ0) is 14.5. The minimum absolute atomic E-state index is 0.111. The van der Waals surface area contributed by atoms with E-state index < -0.39 is 16.7 Å². The van der Waals surface area contributed by atoms with E-state index >= 15 is 0 Å². The molecule has 0 unspecified atom stereocenters. The van der Waals surface area contributed by atoms with Gasteiger partial charge in [0.25, 0.3) is 0 Å². The van der Waals surface area contributed by atoms with E-state index in [1.54, 1.807) is 0 Å². The Bertz CT molecular complexity index is 624. The standard InChI is InChI=1S/C12H11FN4O3/c13-10-5-3-9(4-6-10)11(18)2-1-7-16-8-14-12(15-16)17(19)20/h3-6,8H,1-2,7H2. The third kappa shape index (κ3) is 3.44. The highest BCUT2D eigenvalue weighted by molar-refractivity contribution is 5.95. The molecule has 0 saturated heterocycles. The highest BCUT2D eigenvalue weighted by Gasteiger charge is 2.13. The Morgan fingerprint density at radius 3 is 2.65 bits per heavy atom. The van der Waals surface area contributed by atoms with Gasteiger partial charge in [-0.05, 0) is 35.6 Å².